The first-order valence-corrected chi connectivity index (χ1v) is 5.72. The topological polar surface area (TPSA) is 54.4 Å². The van der Waals surface area contributed by atoms with Crippen LogP contribution < -0.4 is 5.32 Å². The first-order valence-electron chi connectivity index (χ1n) is 5.72. The third-order valence-electron chi connectivity index (χ3n) is 2.81. The fourth-order valence-corrected chi connectivity index (χ4v) is 1.88. The summed E-state index contributed by atoms with van der Waals surface area (Å²) in [4.78, 5) is 4.30. The van der Waals surface area contributed by atoms with Gasteiger partial charge in [-0.2, -0.15) is 0 Å². The molecule has 1 aromatic rings. The van der Waals surface area contributed by atoms with Crippen LogP contribution in [0.25, 0.3) is 0 Å². The first kappa shape index (κ1) is 11.4. The molecule has 1 fully saturated rings. The Morgan fingerprint density at radius 1 is 1.56 bits per heavy atom. The summed E-state index contributed by atoms with van der Waals surface area (Å²) < 4.78 is 5.38. The van der Waals surface area contributed by atoms with E-state index in [0.717, 1.165) is 31.7 Å². The van der Waals surface area contributed by atoms with Crippen molar-refractivity contribution in [1.82, 2.24) is 10.3 Å². The van der Waals surface area contributed by atoms with Crippen LogP contribution in [-0.4, -0.2) is 29.3 Å². The number of hydrogen-bond acceptors (Lipinski definition) is 4. The van der Waals surface area contributed by atoms with Gasteiger partial charge < -0.3 is 15.2 Å². The molecule has 0 aromatic carbocycles. The number of ether oxygens (including phenoxy) is 1. The minimum atomic E-state index is 0.259. The normalized spacial score (nSPS) is 20.9. The monoisotopic (exact) mass is 222 g/mol. The summed E-state index contributed by atoms with van der Waals surface area (Å²) in [5, 5.41) is 13.0. The molecule has 0 radical (unpaired) electrons. The third-order valence-corrected chi connectivity index (χ3v) is 2.81. The molecule has 4 nitrogen and oxygen atoms in total. The average Bonchev–Trinajstić information content (AvgIpc) is 2.32. The van der Waals surface area contributed by atoms with Gasteiger partial charge in [0.05, 0.1) is 12.3 Å². The summed E-state index contributed by atoms with van der Waals surface area (Å²) >= 11 is 0. The van der Waals surface area contributed by atoms with Gasteiger partial charge in [0, 0.05) is 24.9 Å². The summed E-state index contributed by atoms with van der Waals surface area (Å²) in [5.41, 5.74) is 1.64. The van der Waals surface area contributed by atoms with Gasteiger partial charge in [-0.3, -0.25) is 4.98 Å². The fraction of sp³-hybridized carbons (Fsp3) is 0.583. The van der Waals surface area contributed by atoms with Gasteiger partial charge in [-0.15, -0.1) is 0 Å². The SMILES string of the molecule is Cc1ccc(O)c(CNC2CCCOC2)n1. The molecule has 1 atom stereocenters. The van der Waals surface area contributed by atoms with Crippen molar-refractivity contribution in [3.05, 3.63) is 23.5 Å². The number of hydrogen-bond donors (Lipinski definition) is 2. The summed E-state index contributed by atoms with van der Waals surface area (Å²) in [6, 6.07) is 3.88. The first-order chi connectivity index (χ1) is 7.75. The second-order valence-electron chi connectivity index (χ2n) is 4.21. The Morgan fingerprint density at radius 3 is 3.19 bits per heavy atom. The number of aryl methyl sites for hydroxylation is 1. The van der Waals surface area contributed by atoms with E-state index >= 15 is 0 Å². The van der Waals surface area contributed by atoms with Crippen molar-refractivity contribution in [3.8, 4) is 5.75 Å². The molecule has 0 amide bonds. The van der Waals surface area contributed by atoms with Crippen LogP contribution in [0, 0.1) is 6.92 Å². The molecule has 16 heavy (non-hydrogen) atoms. The van der Waals surface area contributed by atoms with Gasteiger partial charge in [0.15, 0.2) is 0 Å². The minimum Gasteiger partial charge on any atom is -0.506 e. The standard InChI is InChI=1S/C12H18N2O2/c1-9-4-5-12(15)11(14-9)7-13-10-3-2-6-16-8-10/h4-5,10,13,15H,2-3,6-8H2,1H3. The van der Waals surface area contributed by atoms with E-state index in [-0.39, 0.29) is 5.75 Å². The highest BCUT2D eigenvalue weighted by molar-refractivity contribution is 5.27. The van der Waals surface area contributed by atoms with E-state index in [1.165, 1.54) is 0 Å². The number of nitrogens with zero attached hydrogens (tertiary/aromatic N) is 1. The molecule has 0 saturated carbocycles. The smallest absolute Gasteiger partial charge is 0.138 e. The lowest BCUT2D eigenvalue weighted by atomic mass is 10.1. The molecule has 88 valence electrons. The Hall–Kier alpha value is -1.13. The average molecular weight is 222 g/mol. The Morgan fingerprint density at radius 2 is 2.44 bits per heavy atom. The van der Waals surface area contributed by atoms with E-state index in [9.17, 15) is 5.11 Å². The molecular formula is C12H18N2O2. The van der Waals surface area contributed by atoms with Gasteiger partial charge >= 0.3 is 0 Å². The van der Waals surface area contributed by atoms with Crippen LogP contribution >= 0.6 is 0 Å². The molecule has 1 saturated heterocycles. The molecule has 1 aliphatic heterocycles. The molecule has 1 unspecified atom stereocenters. The van der Waals surface area contributed by atoms with Crippen molar-refractivity contribution >= 4 is 0 Å². The van der Waals surface area contributed by atoms with E-state index in [0.29, 0.717) is 18.3 Å². The van der Waals surface area contributed by atoms with Crippen LogP contribution in [0.4, 0.5) is 0 Å². The number of pyridine rings is 1. The van der Waals surface area contributed by atoms with Crippen LogP contribution in [0.2, 0.25) is 0 Å². The van der Waals surface area contributed by atoms with E-state index in [1.54, 1.807) is 6.07 Å². The van der Waals surface area contributed by atoms with Crippen molar-refractivity contribution in [3.63, 3.8) is 0 Å². The molecule has 2 rings (SSSR count). The number of aromatic hydroxyl groups is 1. The summed E-state index contributed by atoms with van der Waals surface area (Å²) in [5.74, 6) is 0.259. The van der Waals surface area contributed by atoms with Gasteiger partial charge in [0.2, 0.25) is 0 Å². The molecular weight excluding hydrogens is 204 g/mol. The minimum absolute atomic E-state index is 0.259. The Bertz CT molecular complexity index is 349. The highest BCUT2D eigenvalue weighted by Crippen LogP contribution is 2.15. The van der Waals surface area contributed by atoms with Gasteiger partial charge in [-0.1, -0.05) is 0 Å². The molecule has 2 heterocycles. The van der Waals surface area contributed by atoms with Crippen LogP contribution in [0.3, 0.4) is 0 Å². The predicted octanol–water partition coefficient (Wildman–Crippen LogP) is 1.36. The van der Waals surface area contributed by atoms with Gasteiger partial charge in [0.25, 0.3) is 0 Å². The summed E-state index contributed by atoms with van der Waals surface area (Å²) in [6.45, 7) is 4.15. The maximum absolute atomic E-state index is 9.63. The summed E-state index contributed by atoms with van der Waals surface area (Å²) in [7, 11) is 0. The molecule has 4 heteroatoms. The second-order valence-corrected chi connectivity index (χ2v) is 4.21. The van der Waals surface area contributed by atoms with E-state index < -0.39 is 0 Å². The van der Waals surface area contributed by atoms with Crippen molar-refractivity contribution in [2.45, 2.75) is 32.4 Å². The Labute approximate surface area is 95.7 Å². The zero-order chi connectivity index (χ0) is 11.4. The van der Waals surface area contributed by atoms with Gasteiger partial charge in [-0.25, -0.2) is 0 Å². The van der Waals surface area contributed by atoms with Crippen molar-refractivity contribution in [2.75, 3.05) is 13.2 Å². The maximum atomic E-state index is 9.63. The van der Waals surface area contributed by atoms with E-state index in [2.05, 4.69) is 10.3 Å². The molecule has 1 aromatic heterocycles. The lowest BCUT2D eigenvalue weighted by Gasteiger charge is -2.23. The predicted molar refractivity (Wildman–Crippen MR) is 61.3 cm³/mol. The van der Waals surface area contributed by atoms with Crippen molar-refractivity contribution in [1.29, 1.82) is 0 Å². The lowest BCUT2D eigenvalue weighted by Crippen LogP contribution is -2.36. The van der Waals surface area contributed by atoms with Gasteiger partial charge in [-0.05, 0) is 31.9 Å². The van der Waals surface area contributed by atoms with Crippen molar-refractivity contribution < 1.29 is 9.84 Å². The van der Waals surface area contributed by atoms with Crippen molar-refractivity contribution in [2.24, 2.45) is 0 Å². The molecule has 1 aliphatic rings. The van der Waals surface area contributed by atoms with Gasteiger partial charge in [0.1, 0.15) is 5.75 Å². The van der Waals surface area contributed by atoms with Crippen LogP contribution in [0.5, 0.6) is 5.75 Å². The maximum Gasteiger partial charge on any atom is 0.138 e. The third kappa shape index (κ3) is 2.93. The van der Waals surface area contributed by atoms with Crippen LogP contribution in [0.1, 0.15) is 24.2 Å². The molecule has 0 bridgehead atoms. The van der Waals surface area contributed by atoms with E-state index in [1.807, 2.05) is 13.0 Å². The fourth-order valence-electron chi connectivity index (χ4n) is 1.88. The second kappa shape index (κ2) is 5.27. The zero-order valence-electron chi connectivity index (χ0n) is 9.57. The van der Waals surface area contributed by atoms with Crippen LogP contribution in [-0.2, 0) is 11.3 Å². The van der Waals surface area contributed by atoms with Crippen LogP contribution in [0.15, 0.2) is 12.1 Å². The zero-order valence-corrected chi connectivity index (χ0v) is 9.57. The number of nitrogens with one attached hydrogen (secondary N) is 1. The van der Waals surface area contributed by atoms with E-state index in [4.69, 9.17) is 4.74 Å². The highest BCUT2D eigenvalue weighted by atomic mass is 16.5. The highest BCUT2D eigenvalue weighted by Gasteiger charge is 2.14. The number of rotatable bonds is 3. The largest absolute Gasteiger partial charge is 0.506 e. The molecule has 0 spiro atoms. The summed E-state index contributed by atoms with van der Waals surface area (Å²) in [6.07, 6.45) is 2.23. The quantitative estimate of drug-likeness (QED) is 0.811. The lowest BCUT2D eigenvalue weighted by molar-refractivity contribution is 0.0697. The Balaban J connectivity index is 1.90. The molecule has 2 N–H and O–H groups in total. The number of aromatic nitrogens is 1. The Kier molecular flexibility index (Phi) is 3.74. The molecule has 0 aliphatic carbocycles.